The van der Waals surface area contributed by atoms with Crippen molar-refractivity contribution in [1.29, 1.82) is 0 Å². The molecule has 1 saturated carbocycles. The minimum atomic E-state index is -0.791. The zero-order valence-corrected chi connectivity index (χ0v) is 14.6. The number of ketones is 1. The molecule has 2 N–H and O–H groups in total. The summed E-state index contributed by atoms with van der Waals surface area (Å²) in [4.78, 5) is 36.5. The van der Waals surface area contributed by atoms with Gasteiger partial charge in [-0.15, -0.1) is 0 Å². The van der Waals surface area contributed by atoms with E-state index in [1.54, 1.807) is 37.5 Å². The highest BCUT2D eigenvalue weighted by molar-refractivity contribution is 9.10. The molecule has 124 valence electrons. The van der Waals surface area contributed by atoms with Crippen LogP contribution in [0.3, 0.4) is 0 Å². The first kappa shape index (κ1) is 16.0. The fourth-order valence-corrected chi connectivity index (χ4v) is 3.68. The molecule has 23 heavy (non-hydrogen) atoms. The lowest BCUT2D eigenvalue weighted by atomic mass is 10.1. The predicted molar refractivity (Wildman–Crippen MR) is 85.2 cm³/mol. The van der Waals surface area contributed by atoms with Gasteiger partial charge in [0, 0.05) is 6.42 Å². The summed E-state index contributed by atoms with van der Waals surface area (Å²) >= 11 is 3.41. The zero-order chi connectivity index (χ0) is 16.9. The molecule has 1 aliphatic carbocycles. The summed E-state index contributed by atoms with van der Waals surface area (Å²) in [7, 11) is 0. The van der Waals surface area contributed by atoms with Gasteiger partial charge >= 0.3 is 6.09 Å². The van der Waals surface area contributed by atoms with Crippen molar-refractivity contribution in [1.82, 2.24) is 15.2 Å². The van der Waals surface area contributed by atoms with Crippen LogP contribution in [-0.4, -0.2) is 40.0 Å². The number of Topliss-reactive ketones (excluding diaryl/α,β-unsaturated/α-hetero) is 1. The second-order valence-corrected chi connectivity index (χ2v) is 7.58. The molecule has 7 nitrogen and oxygen atoms in total. The zero-order valence-electron chi connectivity index (χ0n) is 13.1. The van der Waals surface area contributed by atoms with E-state index in [0.717, 1.165) is 4.60 Å². The average Bonchev–Trinajstić information content (AvgIpc) is 2.92. The smallest absolute Gasteiger partial charge is 0.408 e. The minimum Gasteiger partial charge on any atom is -0.444 e. The third kappa shape index (κ3) is 2.87. The Bertz CT molecular complexity index is 691. The van der Waals surface area contributed by atoms with E-state index in [-0.39, 0.29) is 24.2 Å². The summed E-state index contributed by atoms with van der Waals surface area (Å²) in [6, 6.07) is 1.98. The first-order valence-corrected chi connectivity index (χ1v) is 8.16. The lowest BCUT2D eigenvalue weighted by Crippen LogP contribution is -2.56. The topological polar surface area (TPSA) is 89.4 Å². The van der Waals surface area contributed by atoms with Crippen LogP contribution in [0.5, 0.6) is 0 Å². The highest BCUT2D eigenvalue weighted by Gasteiger charge is 2.49. The summed E-state index contributed by atoms with van der Waals surface area (Å²) < 4.78 is 7.74. The Labute approximate surface area is 141 Å². The number of nitrogens with one attached hydrogen (secondary N) is 2. The van der Waals surface area contributed by atoms with Crippen molar-refractivity contribution in [2.75, 3.05) is 0 Å². The number of ether oxygens (including phenoxy) is 1. The summed E-state index contributed by atoms with van der Waals surface area (Å²) in [6.07, 6.45) is -0.422. The van der Waals surface area contributed by atoms with Crippen LogP contribution >= 0.6 is 15.9 Å². The van der Waals surface area contributed by atoms with Crippen molar-refractivity contribution in [2.24, 2.45) is 0 Å². The summed E-state index contributed by atoms with van der Waals surface area (Å²) in [5, 5.41) is 5.42. The molecule has 0 aromatic carbocycles. The number of hydrogen-bond donors (Lipinski definition) is 2. The fraction of sp³-hybridized carbons (Fsp3) is 0.533. The van der Waals surface area contributed by atoms with Crippen LogP contribution < -0.4 is 10.6 Å². The van der Waals surface area contributed by atoms with Gasteiger partial charge in [0.05, 0.1) is 16.7 Å². The van der Waals surface area contributed by atoms with Gasteiger partial charge in [0.25, 0.3) is 5.91 Å². The second kappa shape index (κ2) is 5.36. The standard InChI is InChI=1S/C15H18BrN3O4/c1-15(2,3)23-14(22)18-12-9(20)6-8-11(12)17-13(21)7-4-5-10(16)19(7)8/h4-5,8,11-12H,6H2,1-3H3,(H,17,21)(H,18,22)/t8-,11-,12-/m1/s1. The summed E-state index contributed by atoms with van der Waals surface area (Å²) in [5.74, 6) is -0.387. The predicted octanol–water partition coefficient (Wildman–Crippen LogP) is 1.77. The van der Waals surface area contributed by atoms with Gasteiger partial charge in [-0.3, -0.25) is 9.59 Å². The first-order chi connectivity index (χ1) is 10.7. The maximum atomic E-state index is 12.3. The van der Waals surface area contributed by atoms with Crippen molar-refractivity contribution >= 4 is 33.7 Å². The molecular weight excluding hydrogens is 366 g/mol. The molecule has 8 heteroatoms. The third-order valence-electron chi connectivity index (χ3n) is 3.93. The highest BCUT2D eigenvalue weighted by atomic mass is 79.9. The molecule has 1 fully saturated rings. The minimum absolute atomic E-state index is 0.125. The number of rotatable bonds is 1. The number of fused-ring (bicyclic) bond motifs is 3. The van der Waals surface area contributed by atoms with Gasteiger partial charge in [-0.25, -0.2) is 4.79 Å². The van der Waals surface area contributed by atoms with E-state index < -0.39 is 23.8 Å². The van der Waals surface area contributed by atoms with E-state index in [2.05, 4.69) is 26.6 Å². The van der Waals surface area contributed by atoms with Crippen molar-refractivity contribution in [3.63, 3.8) is 0 Å². The fourth-order valence-electron chi connectivity index (χ4n) is 3.09. The van der Waals surface area contributed by atoms with Gasteiger partial charge in [0.2, 0.25) is 0 Å². The summed E-state index contributed by atoms with van der Waals surface area (Å²) in [6.45, 7) is 5.24. The maximum absolute atomic E-state index is 12.3. The maximum Gasteiger partial charge on any atom is 0.408 e. The third-order valence-corrected chi connectivity index (χ3v) is 4.58. The van der Waals surface area contributed by atoms with Gasteiger partial charge in [-0.1, -0.05) is 0 Å². The molecule has 2 aliphatic rings. The highest BCUT2D eigenvalue weighted by Crippen LogP contribution is 2.36. The Morgan fingerprint density at radius 3 is 2.74 bits per heavy atom. The molecule has 3 rings (SSSR count). The molecule has 3 atom stereocenters. The molecule has 2 heterocycles. The van der Waals surface area contributed by atoms with Crippen LogP contribution in [0.4, 0.5) is 4.79 Å². The average molecular weight is 384 g/mol. The number of nitrogens with zero attached hydrogens (tertiary/aromatic N) is 1. The normalized spacial score (nSPS) is 26.3. The number of halogens is 1. The Hall–Kier alpha value is -1.83. The number of hydrogen-bond acceptors (Lipinski definition) is 4. The number of amides is 2. The van der Waals surface area contributed by atoms with Crippen LogP contribution in [0.15, 0.2) is 16.7 Å². The van der Waals surface area contributed by atoms with E-state index in [9.17, 15) is 14.4 Å². The molecule has 1 aromatic rings. The molecule has 2 amide bonds. The lowest BCUT2D eigenvalue weighted by Gasteiger charge is -2.32. The van der Waals surface area contributed by atoms with Crippen LogP contribution in [0.1, 0.15) is 43.7 Å². The van der Waals surface area contributed by atoms with Gasteiger partial charge in [0.15, 0.2) is 5.78 Å². The monoisotopic (exact) mass is 383 g/mol. The Morgan fingerprint density at radius 1 is 1.39 bits per heavy atom. The number of carbonyl (C=O) groups excluding carboxylic acids is 3. The number of alkyl carbamates (subject to hydrolysis) is 1. The van der Waals surface area contributed by atoms with Gasteiger partial charge in [-0.2, -0.15) is 0 Å². The van der Waals surface area contributed by atoms with Crippen molar-refractivity contribution in [3.8, 4) is 0 Å². The molecule has 0 saturated heterocycles. The van der Waals surface area contributed by atoms with Crippen molar-refractivity contribution < 1.29 is 19.1 Å². The summed E-state index contributed by atoms with van der Waals surface area (Å²) in [5.41, 5.74) is -0.152. The van der Waals surface area contributed by atoms with Crippen LogP contribution in [-0.2, 0) is 9.53 Å². The van der Waals surface area contributed by atoms with Gasteiger partial charge in [-0.05, 0) is 48.8 Å². The SMILES string of the molecule is CC(C)(C)OC(=O)N[C@@H]1C(=O)C[C@@H]2[C@H]1NC(=O)c1ccc(Br)n12. The molecule has 1 aliphatic heterocycles. The van der Waals surface area contributed by atoms with E-state index in [1.807, 2.05) is 0 Å². The number of aromatic nitrogens is 1. The Kier molecular flexibility index (Phi) is 3.74. The lowest BCUT2D eigenvalue weighted by molar-refractivity contribution is -0.119. The Balaban J connectivity index is 1.83. The molecule has 0 spiro atoms. The van der Waals surface area contributed by atoms with E-state index in [0.29, 0.717) is 5.69 Å². The van der Waals surface area contributed by atoms with Crippen molar-refractivity contribution in [2.45, 2.75) is 50.9 Å². The van der Waals surface area contributed by atoms with Gasteiger partial charge in [0.1, 0.15) is 17.3 Å². The Morgan fingerprint density at radius 2 is 2.09 bits per heavy atom. The molecule has 1 aromatic heterocycles. The van der Waals surface area contributed by atoms with Gasteiger partial charge < -0.3 is 19.9 Å². The van der Waals surface area contributed by atoms with Crippen LogP contribution in [0.2, 0.25) is 0 Å². The quantitative estimate of drug-likeness (QED) is 0.773. The van der Waals surface area contributed by atoms with Crippen molar-refractivity contribution in [3.05, 3.63) is 22.4 Å². The largest absolute Gasteiger partial charge is 0.444 e. The number of carbonyl (C=O) groups is 3. The molecular formula is C15H18BrN3O4. The van der Waals surface area contributed by atoms with E-state index >= 15 is 0 Å². The molecule has 0 radical (unpaired) electrons. The second-order valence-electron chi connectivity index (χ2n) is 6.77. The van der Waals surface area contributed by atoms with Crippen LogP contribution in [0, 0.1) is 0 Å². The van der Waals surface area contributed by atoms with E-state index in [4.69, 9.17) is 4.74 Å². The first-order valence-electron chi connectivity index (χ1n) is 7.37. The van der Waals surface area contributed by atoms with Crippen LogP contribution in [0.25, 0.3) is 0 Å². The molecule has 0 bridgehead atoms. The van der Waals surface area contributed by atoms with E-state index in [1.165, 1.54) is 0 Å². The molecule has 0 unspecified atom stereocenters.